The molecule has 3 atom stereocenters. The highest BCUT2D eigenvalue weighted by atomic mass is 16.1. The Labute approximate surface area is 115 Å². The maximum Gasteiger partial charge on any atom is 0.227 e. The Bertz CT molecular complexity index is 463. The lowest BCUT2D eigenvalue weighted by atomic mass is 9.88. The minimum atomic E-state index is 0.240. The second-order valence-electron chi connectivity index (χ2n) is 6.55. The van der Waals surface area contributed by atoms with Crippen molar-refractivity contribution in [1.82, 2.24) is 0 Å². The first-order valence-electron chi connectivity index (χ1n) is 7.54. The van der Waals surface area contributed by atoms with Gasteiger partial charge in [0.25, 0.3) is 0 Å². The number of benzene rings is 1. The van der Waals surface area contributed by atoms with Crippen LogP contribution in [0.2, 0.25) is 0 Å². The number of fused-ring (bicyclic) bond motifs is 2. The van der Waals surface area contributed by atoms with Gasteiger partial charge in [-0.2, -0.15) is 0 Å². The summed E-state index contributed by atoms with van der Waals surface area (Å²) in [6.07, 6.45) is 5.00. The molecule has 2 aliphatic carbocycles. The molecule has 1 aromatic carbocycles. The zero-order valence-electron chi connectivity index (χ0n) is 11.9. The van der Waals surface area contributed by atoms with Crippen LogP contribution < -0.4 is 5.32 Å². The van der Waals surface area contributed by atoms with Gasteiger partial charge >= 0.3 is 0 Å². The Morgan fingerprint density at radius 3 is 2.42 bits per heavy atom. The van der Waals surface area contributed by atoms with E-state index >= 15 is 0 Å². The predicted molar refractivity (Wildman–Crippen MR) is 78.1 cm³/mol. The van der Waals surface area contributed by atoms with Crippen LogP contribution in [0.3, 0.4) is 0 Å². The number of amides is 1. The topological polar surface area (TPSA) is 29.1 Å². The summed E-state index contributed by atoms with van der Waals surface area (Å²) in [7, 11) is 0. The van der Waals surface area contributed by atoms with E-state index in [0.717, 1.165) is 18.0 Å². The number of hydrogen-bond acceptors (Lipinski definition) is 1. The molecule has 2 aliphatic rings. The Morgan fingerprint density at radius 2 is 1.89 bits per heavy atom. The fourth-order valence-electron chi connectivity index (χ4n) is 3.75. The summed E-state index contributed by atoms with van der Waals surface area (Å²) in [5, 5.41) is 3.10. The van der Waals surface area contributed by atoms with Crippen molar-refractivity contribution in [2.24, 2.45) is 17.8 Å². The first-order valence-corrected chi connectivity index (χ1v) is 7.54. The van der Waals surface area contributed by atoms with Crippen LogP contribution in [0, 0.1) is 17.8 Å². The van der Waals surface area contributed by atoms with Gasteiger partial charge in [0.2, 0.25) is 5.91 Å². The smallest absolute Gasteiger partial charge is 0.227 e. The largest absolute Gasteiger partial charge is 0.326 e. The third kappa shape index (κ3) is 2.54. The van der Waals surface area contributed by atoms with Crippen molar-refractivity contribution in [3.05, 3.63) is 29.8 Å². The summed E-state index contributed by atoms with van der Waals surface area (Å²) >= 11 is 0. The minimum absolute atomic E-state index is 0.240. The van der Waals surface area contributed by atoms with Gasteiger partial charge in [0.15, 0.2) is 0 Å². The first-order chi connectivity index (χ1) is 9.13. The summed E-state index contributed by atoms with van der Waals surface area (Å²) in [6.45, 7) is 4.37. The second kappa shape index (κ2) is 4.99. The van der Waals surface area contributed by atoms with E-state index < -0.39 is 0 Å². The standard InChI is InChI=1S/C17H23NO/c1-11(2)13-5-7-15(8-6-13)18-17(19)16-10-12-3-4-14(16)9-12/h5-8,11-12,14,16H,3-4,9-10H2,1-2H3,(H,18,19)/t12-,14+,16+/m0/s1. The molecule has 2 fully saturated rings. The van der Waals surface area contributed by atoms with E-state index in [0.29, 0.717) is 11.8 Å². The van der Waals surface area contributed by atoms with Gasteiger partial charge in [-0.25, -0.2) is 0 Å². The molecule has 2 nitrogen and oxygen atoms in total. The van der Waals surface area contributed by atoms with Crippen molar-refractivity contribution in [1.29, 1.82) is 0 Å². The van der Waals surface area contributed by atoms with Crippen molar-refractivity contribution < 1.29 is 4.79 Å². The monoisotopic (exact) mass is 257 g/mol. The van der Waals surface area contributed by atoms with Gasteiger partial charge in [-0.3, -0.25) is 4.79 Å². The maximum atomic E-state index is 12.3. The molecule has 3 rings (SSSR count). The number of nitrogens with one attached hydrogen (secondary N) is 1. The van der Waals surface area contributed by atoms with Gasteiger partial charge in [0.05, 0.1) is 0 Å². The zero-order valence-corrected chi connectivity index (χ0v) is 11.9. The Balaban J connectivity index is 1.63. The Hall–Kier alpha value is -1.31. The normalized spacial score (nSPS) is 28.9. The van der Waals surface area contributed by atoms with Crippen LogP contribution >= 0.6 is 0 Å². The van der Waals surface area contributed by atoms with Crippen molar-refractivity contribution >= 4 is 11.6 Å². The Morgan fingerprint density at radius 1 is 1.16 bits per heavy atom. The van der Waals surface area contributed by atoms with E-state index in [2.05, 4.69) is 31.3 Å². The summed E-state index contributed by atoms with van der Waals surface area (Å²) in [5.41, 5.74) is 2.26. The summed E-state index contributed by atoms with van der Waals surface area (Å²) in [4.78, 5) is 12.3. The van der Waals surface area contributed by atoms with E-state index in [-0.39, 0.29) is 11.8 Å². The fourth-order valence-corrected chi connectivity index (χ4v) is 3.75. The van der Waals surface area contributed by atoms with Crippen molar-refractivity contribution in [3.8, 4) is 0 Å². The van der Waals surface area contributed by atoms with Gasteiger partial charge in [0, 0.05) is 11.6 Å². The molecule has 1 amide bonds. The fraction of sp³-hybridized carbons (Fsp3) is 0.588. The molecule has 1 aromatic rings. The molecular weight excluding hydrogens is 234 g/mol. The van der Waals surface area contributed by atoms with Crippen LogP contribution in [0.5, 0.6) is 0 Å². The average molecular weight is 257 g/mol. The van der Waals surface area contributed by atoms with Crippen LogP contribution in [0.4, 0.5) is 5.69 Å². The lowest BCUT2D eigenvalue weighted by Crippen LogP contribution is -2.27. The predicted octanol–water partition coefficient (Wildman–Crippen LogP) is 4.18. The number of hydrogen-bond donors (Lipinski definition) is 1. The number of anilines is 1. The first kappa shape index (κ1) is 12.7. The molecule has 0 aromatic heterocycles. The molecular formula is C17H23NO. The number of carbonyl (C=O) groups excluding carboxylic acids is 1. The van der Waals surface area contributed by atoms with Crippen molar-refractivity contribution in [2.75, 3.05) is 5.32 Å². The van der Waals surface area contributed by atoms with E-state index in [1.807, 2.05) is 12.1 Å². The molecule has 0 aliphatic heterocycles. The van der Waals surface area contributed by atoms with Crippen molar-refractivity contribution in [2.45, 2.75) is 45.4 Å². The molecule has 0 unspecified atom stereocenters. The third-order valence-electron chi connectivity index (χ3n) is 4.92. The quantitative estimate of drug-likeness (QED) is 0.864. The number of rotatable bonds is 3. The van der Waals surface area contributed by atoms with Crippen LogP contribution in [0.1, 0.15) is 51.0 Å². The average Bonchev–Trinajstić information content (AvgIpc) is 3.01. The molecule has 19 heavy (non-hydrogen) atoms. The third-order valence-corrected chi connectivity index (χ3v) is 4.92. The summed E-state index contributed by atoms with van der Waals surface area (Å²) < 4.78 is 0. The van der Waals surface area contributed by atoms with Gasteiger partial charge < -0.3 is 5.32 Å². The number of carbonyl (C=O) groups is 1. The lowest BCUT2D eigenvalue weighted by Gasteiger charge is -2.20. The molecule has 2 bridgehead atoms. The van der Waals surface area contributed by atoms with Crippen LogP contribution in [-0.2, 0) is 4.79 Å². The SMILES string of the molecule is CC(C)c1ccc(NC(=O)[C@@H]2C[C@H]3CC[C@@H]2C3)cc1. The molecule has 0 heterocycles. The van der Waals surface area contributed by atoms with Gasteiger partial charge in [0.1, 0.15) is 0 Å². The van der Waals surface area contributed by atoms with Gasteiger partial charge in [-0.05, 0) is 54.7 Å². The minimum Gasteiger partial charge on any atom is -0.326 e. The Kier molecular flexibility index (Phi) is 3.34. The van der Waals surface area contributed by atoms with Crippen LogP contribution in [0.15, 0.2) is 24.3 Å². The highest BCUT2D eigenvalue weighted by molar-refractivity contribution is 5.93. The van der Waals surface area contributed by atoms with E-state index in [9.17, 15) is 4.79 Å². The van der Waals surface area contributed by atoms with E-state index in [1.165, 1.54) is 24.8 Å². The summed E-state index contributed by atoms with van der Waals surface area (Å²) in [5.74, 6) is 2.52. The zero-order chi connectivity index (χ0) is 13.4. The molecule has 2 saturated carbocycles. The van der Waals surface area contributed by atoms with Crippen molar-refractivity contribution in [3.63, 3.8) is 0 Å². The molecule has 0 radical (unpaired) electrons. The molecule has 0 saturated heterocycles. The highest BCUT2D eigenvalue weighted by Gasteiger charge is 2.42. The van der Waals surface area contributed by atoms with Gasteiger partial charge in [-0.15, -0.1) is 0 Å². The maximum absolute atomic E-state index is 12.3. The summed E-state index contributed by atoms with van der Waals surface area (Å²) in [6, 6.07) is 8.28. The van der Waals surface area contributed by atoms with Crippen LogP contribution in [0.25, 0.3) is 0 Å². The van der Waals surface area contributed by atoms with E-state index in [1.54, 1.807) is 0 Å². The lowest BCUT2D eigenvalue weighted by molar-refractivity contribution is -0.121. The molecule has 2 heteroatoms. The highest BCUT2D eigenvalue weighted by Crippen LogP contribution is 2.48. The van der Waals surface area contributed by atoms with E-state index in [4.69, 9.17) is 0 Å². The molecule has 1 N–H and O–H groups in total. The molecule has 102 valence electrons. The molecule has 0 spiro atoms. The second-order valence-corrected chi connectivity index (χ2v) is 6.55. The van der Waals surface area contributed by atoms with Crippen LogP contribution in [-0.4, -0.2) is 5.91 Å². The van der Waals surface area contributed by atoms with Gasteiger partial charge in [-0.1, -0.05) is 32.4 Å².